The molecule has 0 radical (unpaired) electrons. The molecule has 0 aromatic heterocycles. The highest BCUT2D eigenvalue weighted by Gasteiger charge is 2.26. The second-order valence-electron chi connectivity index (χ2n) is 3.98. The minimum atomic E-state index is -0.756. The number of carbonyl (C=O) groups is 1. The van der Waals surface area contributed by atoms with Crippen molar-refractivity contribution in [1.82, 2.24) is 4.90 Å². The average molecular weight is 204 g/mol. The van der Waals surface area contributed by atoms with Crippen LogP contribution in [0.15, 0.2) is 0 Å². The van der Waals surface area contributed by atoms with Crippen LogP contribution in [-0.2, 0) is 14.2 Å². The van der Waals surface area contributed by atoms with Crippen molar-refractivity contribution in [3.05, 3.63) is 0 Å². The molecular weight excluding hydrogens is 188 g/mol. The van der Waals surface area contributed by atoms with Crippen molar-refractivity contribution in [3.63, 3.8) is 0 Å². The lowest BCUT2D eigenvalue weighted by molar-refractivity contribution is -0.234. The third kappa shape index (κ3) is 3.49. The summed E-state index contributed by atoms with van der Waals surface area (Å²) in [6.45, 7) is 5.57. The van der Waals surface area contributed by atoms with Gasteiger partial charge in [-0.2, -0.15) is 0 Å². The molecule has 0 aromatic carbocycles. The van der Waals surface area contributed by atoms with E-state index in [2.05, 4.69) is 0 Å². The van der Waals surface area contributed by atoms with Crippen LogP contribution < -0.4 is 5.73 Å². The Morgan fingerprint density at radius 2 is 1.93 bits per heavy atom. The molecule has 1 saturated heterocycles. The topological polar surface area (TPSA) is 74.0 Å². The van der Waals surface area contributed by atoms with E-state index in [1.54, 1.807) is 20.8 Å². The molecule has 0 atom stereocenters. The maximum absolute atomic E-state index is 11.4. The molecule has 1 aliphatic rings. The summed E-state index contributed by atoms with van der Waals surface area (Å²) in [6.07, 6.45) is -1.22. The van der Waals surface area contributed by atoms with Gasteiger partial charge in [0.1, 0.15) is 19.1 Å². The molecule has 0 bridgehead atoms. The maximum Gasteiger partial charge on any atom is 0.413 e. The van der Waals surface area contributed by atoms with E-state index >= 15 is 0 Å². The smallest absolute Gasteiger partial charge is 0.413 e. The summed E-state index contributed by atoms with van der Waals surface area (Å²) < 4.78 is 14.9. The third-order valence-corrected chi connectivity index (χ3v) is 1.44. The van der Waals surface area contributed by atoms with Gasteiger partial charge in [-0.1, -0.05) is 0 Å². The Hall–Kier alpha value is -0.850. The molecule has 2 N–H and O–H groups in total. The lowest BCUT2D eigenvalue weighted by atomic mass is 10.2. The number of hydrogen-bond donors (Lipinski definition) is 1. The second kappa shape index (κ2) is 4.12. The minimum Gasteiger partial charge on any atom is -0.444 e. The molecule has 14 heavy (non-hydrogen) atoms. The number of nitrogens with zero attached hydrogens (tertiary/aromatic N) is 1. The molecule has 0 unspecified atom stereocenters. The zero-order chi connectivity index (χ0) is 10.8. The first-order chi connectivity index (χ1) is 6.38. The molecule has 0 spiro atoms. The fourth-order valence-corrected chi connectivity index (χ4v) is 0.844. The van der Waals surface area contributed by atoms with Crippen LogP contribution in [-0.4, -0.2) is 36.5 Å². The number of nitrogens with two attached hydrogens (primary N) is 1. The molecule has 6 nitrogen and oxygen atoms in total. The molecule has 82 valence electrons. The molecule has 0 aromatic rings. The fraction of sp³-hybridized carbons (Fsp3) is 0.875. The number of amides is 1. The van der Waals surface area contributed by atoms with Crippen LogP contribution in [0.2, 0.25) is 0 Å². The van der Waals surface area contributed by atoms with Gasteiger partial charge in [0.2, 0.25) is 6.41 Å². The largest absolute Gasteiger partial charge is 0.444 e. The normalized spacial score (nSPS) is 19.6. The summed E-state index contributed by atoms with van der Waals surface area (Å²) in [7, 11) is 0. The van der Waals surface area contributed by atoms with E-state index in [4.69, 9.17) is 19.9 Å². The van der Waals surface area contributed by atoms with E-state index in [9.17, 15) is 4.79 Å². The Labute approximate surface area is 82.9 Å². The Bertz CT molecular complexity index is 206. The van der Waals surface area contributed by atoms with Crippen LogP contribution >= 0.6 is 0 Å². The summed E-state index contributed by atoms with van der Waals surface area (Å²) in [6, 6.07) is 0. The van der Waals surface area contributed by atoms with E-state index in [1.807, 2.05) is 0 Å². The van der Waals surface area contributed by atoms with Crippen LogP contribution in [0.4, 0.5) is 4.79 Å². The highest BCUT2D eigenvalue weighted by molar-refractivity contribution is 5.67. The first-order valence-corrected chi connectivity index (χ1v) is 4.35. The van der Waals surface area contributed by atoms with Gasteiger partial charge in [0, 0.05) is 0 Å². The summed E-state index contributed by atoms with van der Waals surface area (Å²) in [4.78, 5) is 12.7. The van der Waals surface area contributed by atoms with E-state index in [0.717, 1.165) is 0 Å². The first kappa shape index (κ1) is 11.2. The van der Waals surface area contributed by atoms with E-state index in [-0.39, 0.29) is 13.5 Å². The predicted octanol–water partition coefficient (Wildman–Crippen LogP) is 0.428. The van der Waals surface area contributed by atoms with Gasteiger partial charge in [0.05, 0.1) is 0 Å². The van der Waals surface area contributed by atoms with Crippen molar-refractivity contribution in [1.29, 1.82) is 0 Å². The van der Waals surface area contributed by atoms with Gasteiger partial charge < -0.3 is 14.2 Å². The first-order valence-electron chi connectivity index (χ1n) is 4.35. The van der Waals surface area contributed by atoms with Crippen LogP contribution in [0.25, 0.3) is 0 Å². The quantitative estimate of drug-likeness (QED) is 0.619. The molecule has 1 aliphatic heterocycles. The van der Waals surface area contributed by atoms with E-state index < -0.39 is 18.1 Å². The molecule has 1 heterocycles. The van der Waals surface area contributed by atoms with Gasteiger partial charge in [0.25, 0.3) is 0 Å². The summed E-state index contributed by atoms with van der Waals surface area (Å²) in [5.41, 5.74) is 4.78. The summed E-state index contributed by atoms with van der Waals surface area (Å²) in [5.74, 6) is 0. The van der Waals surface area contributed by atoms with Crippen molar-refractivity contribution in [2.75, 3.05) is 13.5 Å². The van der Waals surface area contributed by atoms with Gasteiger partial charge in [-0.3, -0.25) is 10.6 Å². The van der Waals surface area contributed by atoms with Crippen molar-refractivity contribution in [3.8, 4) is 0 Å². The Morgan fingerprint density at radius 3 is 2.36 bits per heavy atom. The second-order valence-corrected chi connectivity index (χ2v) is 3.98. The zero-order valence-corrected chi connectivity index (χ0v) is 8.65. The van der Waals surface area contributed by atoms with Crippen molar-refractivity contribution in [2.45, 2.75) is 32.8 Å². The highest BCUT2D eigenvalue weighted by atomic mass is 16.7. The zero-order valence-electron chi connectivity index (χ0n) is 8.65. The molecular formula is C8H16N2O4. The van der Waals surface area contributed by atoms with Crippen LogP contribution in [0.3, 0.4) is 0 Å². The van der Waals surface area contributed by atoms with Crippen molar-refractivity contribution in [2.24, 2.45) is 5.73 Å². The van der Waals surface area contributed by atoms with Gasteiger partial charge >= 0.3 is 6.09 Å². The SMILES string of the molecule is CC(C)(C)OC(=O)N1COC(N)OC1. The monoisotopic (exact) mass is 204 g/mol. The molecule has 0 saturated carbocycles. The van der Waals surface area contributed by atoms with Crippen molar-refractivity contribution < 1.29 is 19.0 Å². The number of rotatable bonds is 0. The number of hydrogen-bond acceptors (Lipinski definition) is 5. The molecule has 1 fully saturated rings. The highest BCUT2D eigenvalue weighted by Crippen LogP contribution is 2.11. The molecule has 1 amide bonds. The Kier molecular flexibility index (Phi) is 3.30. The number of ether oxygens (including phenoxy) is 3. The van der Waals surface area contributed by atoms with Crippen molar-refractivity contribution >= 4 is 6.09 Å². The lowest BCUT2D eigenvalue weighted by Crippen LogP contribution is -2.47. The standard InChI is InChI=1S/C8H16N2O4/c1-8(2,3)14-7(11)10-4-12-6(9)13-5-10/h6H,4-5,9H2,1-3H3. The van der Waals surface area contributed by atoms with Gasteiger partial charge in [-0.15, -0.1) is 0 Å². The molecule has 6 heteroatoms. The Balaban J connectivity index is 2.38. The maximum atomic E-state index is 11.4. The Morgan fingerprint density at radius 1 is 1.43 bits per heavy atom. The van der Waals surface area contributed by atoms with Gasteiger partial charge in [0.15, 0.2) is 0 Å². The van der Waals surface area contributed by atoms with Gasteiger partial charge in [-0.05, 0) is 20.8 Å². The predicted molar refractivity (Wildman–Crippen MR) is 48.0 cm³/mol. The molecule has 1 rings (SSSR count). The summed E-state index contributed by atoms with van der Waals surface area (Å²) >= 11 is 0. The average Bonchev–Trinajstić information content (AvgIpc) is 2.02. The van der Waals surface area contributed by atoms with Crippen LogP contribution in [0.5, 0.6) is 0 Å². The van der Waals surface area contributed by atoms with E-state index in [1.165, 1.54) is 4.90 Å². The lowest BCUT2D eigenvalue weighted by Gasteiger charge is -2.31. The third-order valence-electron chi connectivity index (χ3n) is 1.44. The van der Waals surface area contributed by atoms with Crippen LogP contribution in [0, 0.1) is 0 Å². The van der Waals surface area contributed by atoms with Gasteiger partial charge in [-0.25, -0.2) is 4.79 Å². The molecule has 0 aliphatic carbocycles. The fourth-order valence-electron chi connectivity index (χ4n) is 0.844. The van der Waals surface area contributed by atoms with E-state index in [0.29, 0.717) is 0 Å². The summed E-state index contributed by atoms with van der Waals surface area (Å²) in [5, 5.41) is 0. The number of carbonyl (C=O) groups excluding carboxylic acids is 1. The van der Waals surface area contributed by atoms with Crippen LogP contribution in [0.1, 0.15) is 20.8 Å². The minimum absolute atomic E-state index is 0.0933.